The molecule has 0 bridgehead atoms. The van der Waals surface area contributed by atoms with Crippen LogP contribution in [0.1, 0.15) is 0 Å². The minimum atomic E-state index is 0.174. The summed E-state index contributed by atoms with van der Waals surface area (Å²) in [5.41, 5.74) is 2.86. The zero-order chi connectivity index (χ0) is 16.5. The molecule has 4 aromatic rings. The van der Waals surface area contributed by atoms with Crippen molar-refractivity contribution in [1.82, 2.24) is 14.4 Å². The van der Waals surface area contributed by atoms with Crippen LogP contribution >= 0.6 is 11.6 Å². The van der Waals surface area contributed by atoms with Crippen LogP contribution in [0.15, 0.2) is 67.1 Å². The van der Waals surface area contributed by atoms with Crippen molar-refractivity contribution in [2.45, 2.75) is 0 Å². The number of fused-ring (bicyclic) bond motifs is 1. The lowest BCUT2D eigenvalue weighted by Crippen LogP contribution is -1.97. The molecule has 0 aliphatic heterocycles. The van der Waals surface area contributed by atoms with E-state index >= 15 is 0 Å². The number of imidazole rings is 1. The van der Waals surface area contributed by atoms with E-state index in [4.69, 9.17) is 11.6 Å². The van der Waals surface area contributed by atoms with Gasteiger partial charge in [-0.25, -0.2) is 4.98 Å². The molecule has 0 saturated heterocycles. The third kappa shape index (κ3) is 2.55. The third-order valence-electron chi connectivity index (χ3n) is 3.70. The van der Waals surface area contributed by atoms with E-state index in [9.17, 15) is 5.11 Å². The monoisotopic (exact) mass is 336 g/mol. The van der Waals surface area contributed by atoms with E-state index in [1.54, 1.807) is 24.5 Å². The molecule has 0 aliphatic rings. The highest BCUT2D eigenvalue weighted by atomic mass is 35.5. The molecule has 24 heavy (non-hydrogen) atoms. The van der Waals surface area contributed by atoms with Gasteiger partial charge >= 0.3 is 0 Å². The van der Waals surface area contributed by atoms with E-state index in [2.05, 4.69) is 15.3 Å². The van der Waals surface area contributed by atoms with Crippen LogP contribution in [0.2, 0.25) is 5.02 Å². The van der Waals surface area contributed by atoms with Crippen molar-refractivity contribution < 1.29 is 5.11 Å². The van der Waals surface area contributed by atoms with Crippen LogP contribution in [-0.2, 0) is 0 Å². The fourth-order valence-electron chi connectivity index (χ4n) is 2.56. The first-order valence-electron chi connectivity index (χ1n) is 7.35. The number of benzene rings is 2. The lowest BCUT2D eigenvalue weighted by molar-refractivity contribution is 0.477. The molecule has 0 spiro atoms. The number of para-hydroxylation sites is 1. The number of nitrogens with one attached hydrogen (secondary N) is 1. The maximum atomic E-state index is 10.2. The number of aromatic hydroxyl groups is 1. The Morgan fingerprint density at radius 3 is 2.62 bits per heavy atom. The van der Waals surface area contributed by atoms with Gasteiger partial charge in [0.1, 0.15) is 17.3 Å². The normalized spacial score (nSPS) is 10.9. The minimum absolute atomic E-state index is 0.174. The summed E-state index contributed by atoms with van der Waals surface area (Å²) >= 11 is 5.95. The average molecular weight is 337 g/mol. The number of phenolic OH excluding ortho intramolecular Hbond substituents is 1. The first-order chi connectivity index (χ1) is 11.7. The van der Waals surface area contributed by atoms with E-state index < -0.39 is 0 Å². The van der Waals surface area contributed by atoms with Gasteiger partial charge in [0.15, 0.2) is 5.65 Å². The number of phenols is 1. The molecule has 2 aromatic heterocycles. The predicted octanol–water partition coefficient (Wildman–Crippen LogP) is 4.50. The van der Waals surface area contributed by atoms with E-state index in [-0.39, 0.29) is 5.75 Å². The van der Waals surface area contributed by atoms with Crippen LogP contribution in [0.25, 0.3) is 16.9 Å². The van der Waals surface area contributed by atoms with Gasteiger partial charge in [-0.15, -0.1) is 0 Å². The van der Waals surface area contributed by atoms with Gasteiger partial charge in [0, 0.05) is 28.7 Å². The zero-order valence-electron chi connectivity index (χ0n) is 12.5. The number of aromatic nitrogens is 3. The molecular weight excluding hydrogens is 324 g/mol. The summed E-state index contributed by atoms with van der Waals surface area (Å²) in [7, 11) is 0. The molecule has 0 aliphatic carbocycles. The Labute approximate surface area is 143 Å². The molecule has 2 N–H and O–H groups in total. The van der Waals surface area contributed by atoms with Gasteiger partial charge < -0.3 is 10.4 Å². The van der Waals surface area contributed by atoms with Crippen LogP contribution in [0, 0.1) is 0 Å². The van der Waals surface area contributed by atoms with Gasteiger partial charge in [-0.3, -0.25) is 9.38 Å². The Morgan fingerprint density at radius 1 is 1.04 bits per heavy atom. The van der Waals surface area contributed by atoms with Crippen molar-refractivity contribution in [3.8, 4) is 17.0 Å². The van der Waals surface area contributed by atoms with E-state index in [1.165, 1.54) is 0 Å². The van der Waals surface area contributed by atoms with E-state index in [0.29, 0.717) is 21.9 Å². The summed E-state index contributed by atoms with van der Waals surface area (Å²) in [6, 6.07) is 14.5. The summed E-state index contributed by atoms with van der Waals surface area (Å²) in [6.07, 6.45) is 5.19. The maximum absolute atomic E-state index is 10.2. The van der Waals surface area contributed by atoms with Crippen LogP contribution in [0.3, 0.4) is 0 Å². The molecule has 2 heterocycles. The van der Waals surface area contributed by atoms with Crippen molar-refractivity contribution in [2.24, 2.45) is 0 Å². The van der Waals surface area contributed by atoms with Crippen molar-refractivity contribution in [3.05, 3.63) is 72.1 Å². The molecule has 0 fully saturated rings. The predicted molar refractivity (Wildman–Crippen MR) is 94.8 cm³/mol. The molecule has 0 radical (unpaired) electrons. The Kier molecular flexibility index (Phi) is 3.55. The van der Waals surface area contributed by atoms with Gasteiger partial charge in [-0.1, -0.05) is 23.7 Å². The molecule has 5 nitrogen and oxygen atoms in total. The Hall–Kier alpha value is -3.05. The number of rotatable bonds is 3. The number of anilines is 2. The maximum Gasteiger partial charge on any atom is 0.157 e. The number of halogens is 1. The van der Waals surface area contributed by atoms with E-state index in [1.807, 2.05) is 47.0 Å². The molecule has 0 atom stereocenters. The highest BCUT2D eigenvalue weighted by Crippen LogP contribution is 2.35. The largest absolute Gasteiger partial charge is 0.507 e. The smallest absolute Gasteiger partial charge is 0.157 e. The fourth-order valence-corrected chi connectivity index (χ4v) is 2.68. The lowest BCUT2D eigenvalue weighted by atomic mass is 10.1. The SMILES string of the molecule is Oc1ccccc1-c1nc2cnccn2c1Nc1ccc(Cl)cc1. The third-order valence-corrected chi connectivity index (χ3v) is 3.95. The van der Waals surface area contributed by atoms with E-state index in [0.717, 1.165) is 11.5 Å². The molecule has 0 amide bonds. The average Bonchev–Trinajstić information content (AvgIpc) is 2.96. The summed E-state index contributed by atoms with van der Waals surface area (Å²) in [5, 5.41) is 14.2. The first kappa shape index (κ1) is 14.5. The molecular formula is C18H13ClN4O. The van der Waals surface area contributed by atoms with Crippen molar-refractivity contribution in [3.63, 3.8) is 0 Å². The number of hydrogen-bond donors (Lipinski definition) is 2. The summed E-state index contributed by atoms with van der Waals surface area (Å²) in [5.74, 6) is 0.921. The second-order valence-corrected chi connectivity index (χ2v) is 5.70. The van der Waals surface area contributed by atoms with Gasteiger partial charge in [-0.05, 0) is 36.4 Å². The Balaban J connectivity index is 1.90. The molecule has 6 heteroatoms. The number of hydrogen-bond acceptors (Lipinski definition) is 4. The molecule has 0 unspecified atom stereocenters. The van der Waals surface area contributed by atoms with Crippen LogP contribution in [0.4, 0.5) is 11.5 Å². The van der Waals surface area contributed by atoms with Crippen LogP contribution in [-0.4, -0.2) is 19.5 Å². The van der Waals surface area contributed by atoms with Crippen LogP contribution in [0.5, 0.6) is 5.75 Å². The van der Waals surface area contributed by atoms with Crippen molar-refractivity contribution in [2.75, 3.05) is 5.32 Å². The number of nitrogens with zero attached hydrogens (tertiary/aromatic N) is 3. The van der Waals surface area contributed by atoms with Crippen molar-refractivity contribution in [1.29, 1.82) is 0 Å². The summed E-state index contributed by atoms with van der Waals surface area (Å²) < 4.78 is 1.89. The van der Waals surface area contributed by atoms with Gasteiger partial charge in [0.2, 0.25) is 0 Å². The Bertz CT molecular complexity index is 1010. The molecule has 4 rings (SSSR count). The van der Waals surface area contributed by atoms with Gasteiger partial charge in [-0.2, -0.15) is 0 Å². The Morgan fingerprint density at radius 2 is 1.83 bits per heavy atom. The zero-order valence-corrected chi connectivity index (χ0v) is 13.3. The van der Waals surface area contributed by atoms with Gasteiger partial charge in [0.05, 0.1) is 6.20 Å². The topological polar surface area (TPSA) is 62.5 Å². The highest BCUT2D eigenvalue weighted by Gasteiger charge is 2.16. The highest BCUT2D eigenvalue weighted by molar-refractivity contribution is 6.30. The molecule has 0 saturated carbocycles. The molecule has 2 aromatic carbocycles. The second-order valence-electron chi connectivity index (χ2n) is 5.26. The van der Waals surface area contributed by atoms with Crippen molar-refractivity contribution >= 4 is 28.8 Å². The van der Waals surface area contributed by atoms with Crippen LogP contribution < -0.4 is 5.32 Å². The second kappa shape index (κ2) is 5.86. The summed E-state index contributed by atoms with van der Waals surface area (Å²) in [4.78, 5) is 8.72. The quantitative estimate of drug-likeness (QED) is 0.578. The lowest BCUT2D eigenvalue weighted by Gasteiger charge is -2.09. The van der Waals surface area contributed by atoms with Gasteiger partial charge in [0.25, 0.3) is 0 Å². The standard InChI is InChI=1S/C18H13ClN4O/c19-12-5-7-13(8-6-12)21-18-17(14-3-1-2-4-15(14)24)22-16-11-20-9-10-23(16)18/h1-11,21,24H. The summed E-state index contributed by atoms with van der Waals surface area (Å²) in [6.45, 7) is 0. The minimum Gasteiger partial charge on any atom is -0.507 e. The fraction of sp³-hybridized carbons (Fsp3) is 0. The molecule has 118 valence electrons. The first-order valence-corrected chi connectivity index (χ1v) is 7.73.